The molecule has 2 amide bonds. The fraction of sp³-hybridized carbons (Fsp3) is 0.500. The number of pyridine rings is 1. The summed E-state index contributed by atoms with van der Waals surface area (Å²) in [4.78, 5) is 36.0. The van der Waals surface area contributed by atoms with E-state index in [4.69, 9.17) is 10.5 Å². The number of hydrogen-bond donors (Lipinski definition) is 2. The van der Waals surface area contributed by atoms with Gasteiger partial charge in [0.15, 0.2) is 5.82 Å². The van der Waals surface area contributed by atoms with Gasteiger partial charge in [-0.05, 0) is 17.7 Å². The Hall–Kier alpha value is -4.15. The number of amides is 2. The van der Waals surface area contributed by atoms with Gasteiger partial charge in [-0.1, -0.05) is 0 Å². The van der Waals surface area contributed by atoms with E-state index in [0.29, 0.717) is 22.3 Å². The number of methoxy groups -OCH3 is 1. The van der Waals surface area contributed by atoms with Crippen molar-refractivity contribution in [3.8, 4) is 17.1 Å². The second-order valence-corrected chi connectivity index (χ2v) is 10.6. The Morgan fingerprint density at radius 1 is 1.16 bits per heavy atom. The van der Waals surface area contributed by atoms with Crippen molar-refractivity contribution in [1.82, 2.24) is 34.7 Å². The lowest BCUT2D eigenvalue weighted by molar-refractivity contribution is -0.160. The van der Waals surface area contributed by atoms with Gasteiger partial charge in [-0.3, -0.25) is 14.5 Å². The molecule has 2 fully saturated rings. The second kappa shape index (κ2) is 11.5. The average molecular weight is 615 g/mol. The molecule has 3 aromatic heterocycles. The Bertz CT molecular complexity index is 1520. The van der Waals surface area contributed by atoms with Gasteiger partial charge in [0, 0.05) is 50.8 Å². The fourth-order valence-electron chi connectivity index (χ4n) is 5.30. The SMILES string of the molecule is COc1ncc(-c2cc(CN3CCC(F)(F)CC3)c3c(N)ncnn23)cc1C(=O)N[C@@H]1CN(C(=O)CC(F)(F)F)C[C@@H]1F. The van der Waals surface area contributed by atoms with E-state index < -0.39 is 55.6 Å². The minimum Gasteiger partial charge on any atom is -0.480 e. The highest BCUT2D eigenvalue weighted by Crippen LogP contribution is 2.33. The van der Waals surface area contributed by atoms with Crippen LogP contribution in [-0.2, 0) is 11.3 Å². The lowest BCUT2D eigenvalue weighted by Gasteiger charge is -2.31. The first-order chi connectivity index (χ1) is 20.2. The highest BCUT2D eigenvalue weighted by molar-refractivity contribution is 5.98. The summed E-state index contributed by atoms with van der Waals surface area (Å²) in [5.74, 6) is -4.78. The summed E-state index contributed by atoms with van der Waals surface area (Å²) in [6.45, 7) is -0.390. The molecule has 2 aliphatic rings. The number of carbonyl (C=O) groups is 2. The van der Waals surface area contributed by atoms with E-state index in [1.54, 1.807) is 6.07 Å². The van der Waals surface area contributed by atoms with Crippen LogP contribution in [0.4, 0.5) is 32.2 Å². The number of piperidine rings is 1. The van der Waals surface area contributed by atoms with Gasteiger partial charge < -0.3 is 20.7 Å². The number of anilines is 1. The molecule has 2 atom stereocenters. The van der Waals surface area contributed by atoms with Gasteiger partial charge >= 0.3 is 6.18 Å². The first-order valence-electron chi connectivity index (χ1n) is 13.3. The molecule has 2 saturated heterocycles. The molecule has 0 aliphatic carbocycles. The summed E-state index contributed by atoms with van der Waals surface area (Å²) in [6.07, 6.45) is -6.17. The van der Waals surface area contributed by atoms with Crippen molar-refractivity contribution in [2.24, 2.45) is 0 Å². The van der Waals surface area contributed by atoms with E-state index in [-0.39, 0.29) is 49.7 Å². The normalized spacial score (nSPS) is 20.9. The van der Waals surface area contributed by atoms with Crippen LogP contribution in [0.2, 0.25) is 0 Å². The summed E-state index contributed by atoms with van der Waals surface area (Å²) in [6, 6.07) is 1.89. The zero-order valence-electron chi connectivity index (χ0n) is 22.9. The lowest BCUT2D eigenvalue weighted by Crippen LogP contribution is -2.42. The number of likely N-dealkylation sites (tertiary alicyclic amines) is 2. The maximum absolute atomic E-state index is 14.7. The van der Waals surface area contributed by atoms with Crippen molar-refractivity contribution in [3.63, 3.8) is 0 Å². The van der Waals surface area contributed by atoms with Crippen LogP contribution in [0.15, 0.2) is 24.7 Å². The smallest absolute Gasteiger partial charge is 0.397 e. The van der Waals surface area contributed by atoms with Crippen LogP contribution in [0.25, 0.3) is 16.8 Å². The fourth-order valence-corrected chi connectivity index (χ4v) is 5.30. The number of nitrogens with one attached hydrogen (secondary N) is 1. The molecule has 0 aromatic carbocycles. The molecule has 3 aromatic rings. The average Bonchev–Trinajstić information content (AvgIpc) is 3.49. The highest BCUT2D eigenvalue weighted by atomic mass is 19.4. The topological polar surface area (TPSA) is 131 Å². The van der Waals surface area contributed by atoms with Gasteiger partial charge in [-0.25, -0.2) is 27.7 Å². The predicted molar refractivity (Wildman–Crippen MR) is 140 cm³/mol. The molecule has 0 saturated carbocycles. The van der Waals surface area contributed by atoms with Crippen molar-refractivity contribution in [1.29, 1.82) is 0 Å². The molecule has 3 N–H and O–H groups in total. The number of carbonyl (C=O) groups excluding carboxylic acids is 2. The highest BCUT2D eigenvalue weighted by Gasteiger charge is 2.41. The van der Waals surface area contributed by atoms with Crippen molar-refractivity contribution in [3.05, 3.63) is 35.8 Å². The summed E-state index contributed by atoms with van der Waals surface area (Å²) in [5, 5.41) is 6.70. The van der Waals surface area contributed by atoms with Gasteiger partial charge in [0.25, 0.3) is 11.8 Å². The van der Waals surface area contributed by atoms with E-state index in [9.17, 15) is 35.9 Å². The predicted octanol–water partition coefficient (Wildman–Crippen LogP) is 2.84. The number of ether oxygens (including phenoxy) is 1. The summed E-state index contributed by atoms with van der Waals surface area (Å²) < 4.78 is 86.7. The number of halogens is 6. The van der Waals surface area contributed by atoms with Crippen LogP contribution in [0.5, 0.6) is 5.88 Å². The van der Waals surface area contributed by atoms with Crippen LogP contribution < -0.4 is 15.8 Å². The van der Waals surface area contributed by atoms with Gasteiger partial charge in [-0.2, -0.15) is 18.3 Å². The summed E-state index contributed by atoms with van der Waals surface area (Å²) >= 11 is 0. The van der Waals surface area contributed by atoms with Crippen LogP contribution in [-0.4, -0.2) is 98.8 Å². The molecule has 5 heterocycles. The first-order valence-corrected chi connectivity index (χ1v) is 13.3. The maximum Gasteiger partial charge on any atom is 0.397 e. The number of aromatic nitrogens is 4. The Morgan fingerprint density at radius 3 is 2.56 bits per heavy atom. The minimum atomic E-state index is -4.75. The number of fused-ring (bicyclic) bond motifs is 1. The van der Waals surface area contributed by atoms with Crippen LogP contribution in [0.3, 0.4) is 0 Å². The molecular formula is C26H28F6N8O3. The van der Waals surface area contributed by atoms with Gasteiger partial charge in [0.2, 0.25) is 11.8 Å². The van der Waals surface area contributed by atoms with Crippen molar-refractivity contribution < 1.29 is 40.7 Å². The molecule has 0 bridgehead atoms. The standard InChI is InChI=1S/C26H28F6N8O3/c1-43-24-16(23(42)37-18-12-39(11-17(18)27)20(41)8-26(30,31)32)6-14(9-34-24)19-7-15(21-22(33)35-13-36-40(19)21)10-38-4-2-25(28,29)3-5-38/h6-7,9,13,17-18H,2-5,8,10-12H2,1H3,(H,37,42)(H2,33,35,36)/t17-,18+/m0/s1. The van der Waals surface area contributed by atoms with Crippen LogP contribution in [0, 0.1) is 0 Å². The minimum absolute atomic E-state index is 0.107. The van der Waals surface area contributed by atoms with Gasteiger partial charge in [0.05, 0.1) is 25.4 Å². The van der Waals surface area contributed by atoms with Gasteiger partial charge in [-0.15, -0.1) is 0 Å². The van der Waals surface area contributed by atoms with Crippen molar-refractivity contribution in [2.45, 2.75) is 50.1 Å². The van der Waals surface area contributed by atoms with E-state index in [2.05, 4.69) is 20.4 Å². The molecule has 43 heavy (non-hydrogen) atoms. The zero-order valence-corrected chi connectivity index (χ0v) is 22.9. The zero-order chi connectivity index (χ0) is 31.1. The second-order valence-electron chi connectivity index (χ2n) is 10.6. The molecule has 11 nitrogen and oxygen atoms in total. The molecule has 2 aliphatic heterocycles. The quantitative estimate of drug-likeness (QED) is 0.389. The van der Waals surface area contributed by atoms with Crippen LogP contribution >= 0.6 is 0 Å². The molecule has 0 spiro atoms. The number of nitrogens with two attached hydrogens (primary N) is 1. The van der Waals surface area contributed by atoms with E-state index >= 15 is 0 Å². The molecule has 0 unspecified atom stereocenters. The number of rotatable bonds is 7. The lowest BCUT2D eigenvalue weighted by atomic mass is 10.1. The molecule has 5 rings (SSSR count). The van der Waals surface area contributed by atoms with Gasteiger partial charge in [0.1, 0.15) is 30.0 Å². The third-order valence-electron chi connectivity index (χ3n) is 7.50. The molecular weight excluding hydrogens is 586 g/mol. The Morgan fingerprint density at radius 2 is 1.88 bits per heavy atom. The number of alkyl halides is 6. The monoisotopic (exact) mass is 614 g/mol. The Labute approximate surface area is 241 Å². The molecule has 0 radical (unpaired) electrons. The van der Waals surface area contributed by atoms with E-state index in [0.717, 1.165) is 4.90 Å². The maximum atomic E-state index is 14.7. The number of nitrogens with zero attached hydrogens (tertiary/aromatic N) is 6. The molecule has 232 valence electrons. The summed E-state index contributed by atoms with van der Waals surface area (Å²) in [7, 11) is 1.27. The third kappa shape index (κ3) is 6.60. The summed E-state index contributed by atoms with van der Waals surface area (Å²) in [5.41, 5.74) is 7.98. The number of nitrogen functional groups attached to an aromatic ring is 1. The van der Waals surface area contributed by atoms with Crippen LogP contribution in [0.1, 0.15) is 35.2 Å². The Kier molecular flexibility index (Phi) is 8.11. The van der Waals surface area contributed by atoms with E-state index in [1.165, 1.54) is 30.2 Å². The van der Waals surface area contributed by atoms with Crippen molar-refractivity contribution in [2.75, 3.05) is 39.0 Å². The largest absolute Gasteiger partial charge is 0.480 e. The Balaban J connectivity index is 1.40. The third-order valence-corrected chi connectivity index (χ3v) is 7.50. The van der Waals surface area contributed by atoms with Crippen molar-refractivity contribution >= 4 is 23.1 Å². The number of hydrogen-bond acceptors (Lipinski definition) is 8. The van der Waals surface area contributed by atoms with E-state index in [1.807, 2.05) is 4.90 Å². The first kappa shape index (κ1) is 30.3. The molecule has 17 heteroatoms.